The van der Waals surface area contributed by atoms with Crippen molar-refractivity contribution in [1.29, 1.82) is 0 Å². The smallest absolute Gasteiger partial charge is 0.242 e. The number of rotatable bonds is 3. The monoisotopic (exact) mass is 332 g/mol. The van der Waals surface area contributed by atoms with Crippen molar-refractivity contribution in [2.24, 2.45) is 0 Å². The van der Waals surface area contributed by atoms with Crippen LogP contribution in [0.2, 0.25) is 0 Å². The first-order valence-electron chi connectivity index (χ1n) is 5.23. The molecule has 1 heterocycles. The van der Waals surface area contributed by atoms with Gasteiger partial charge in [0, 0.05) is 14.1 Å². The summed E-state index contributed by atoms with van der Waals surface area (Å²) in [6.45, 7) is 0. The highest BCUT2D eigenvalue weighted by Gasteiger charge is 2.20. The normalized spacial score (nSPS) is 19.8. The number of sulfonamides is 1. The van der Waals surface area contributed by atoms with Crippen LogP contribution in [0.25, 0.3) is 0 Å². The lowest BCUT2D eigenvalue weighted by Crippen LogP contribution is -2.22. The summed E-state index contributed by atoms with van der Waals surface area (Å²) in [5, 5.41) is 0. The van der Waals surface area contributed by atoms with E-state index in [9.17, 15) is 8.42 Å². The van der Waals surface area contributed by atoms with Crippen molar-refractivity contribution in [1.82, 2.24) is 9.79 Å². The van der Waals surface area contributed by atoms with Crippen molar-refractivity contribution in [3.05, 3.63) is 40.5 Å². The molecule has 18 heavy (non-hydrogen) atoms. The van der Waals surface area contributed by atoms with E-state index in [2.05, 4.69) is 21.4 Å². The quantitative estimate of drug-likeness (QED) is 0.857. The first kappa shape index (κ1) is 13.5. The molecule has 0 saturated heterocycles. The van der Waals surface area contributed by atoms with Crippen molar-refractivity contribution in [3.63, 3.8) is 0 Å². The first-order valence-corrected chi connectivity index (χ1v) is 7.46. The molecular formula is C11H13BrN2O3S. The SMILES string of the molecule is CN(C)S(=O)(=O)c1ccc([C@@H]2C=C(Br)NO2)cc1. The molecule has 0 bridgehead atoms. The molecule has 7 heteroatoms. The Bertz CT molecular complexity index is 566. The lowest BCUT2D eigenvalue weighted by molar-refractivity contribution is 0.0457. The number of nitrogens with one attached hydrogen (secondary N) is 1. The Morgan fingerprint density at radius 2 is 1.89 bits per heavy atom. The average Bonchev–Trinajstić information content (AvgIpc) is 2.76. The zero-order valence-corrected chi connectivity index (χ0v) is 12.3. The number of nitrogens with zero attached hydrogens (tertiary/aromatic N) is 1. The number of hydroxylamine groups is 1. The van der Waals surface area contributed by atoms with E-state index in [4.69, 9.17) is 4.84 Å². The zero-order chi connectivity index (χ0) is 13.3. The summed E-state index contributed by atoms with van der Waals surface area (Å²) in [7, 11) is -0.362. The second kappa shape index (κ2) is 5.00. The van der Waals surface area contributed by atoms with E-state index in [1.165, 1.54) is 18.4 Å². The maximum absolute atomic E-state index is 11.9. The minimum atomic E-state index is -3.38. The molecule has 5 nitrogen and oxygen atoms in total. The zero-order valence-electron chi connectivity index (χ0n) is 9.92. The predicted molar refractivity (Wildman–Crippen MR) is 71.3 cm³/mol. The largest absolute Gasteiger partial charge is 0.263 e. The van der Waals surface area contributed by atoms with Gasteiger partial charge in [-0.25, -0.2) is 12.7 Å². The third-order valence-electron chi connectivity index (χ3n) is 2.57. The van der Waals surface area contributed by atoms with Gasteiger partial charge in [-0.05, 0) is 39.7 Å². The second-order valence-electron chi connectivity index (χ2n) is 4.01. The third kappa shape index (κ3) is 2.59. The highest BCUT2D eigenvalue weighted by atomic mass is 79.9. The minimum absolute atomic E-state index is 0.213. The summed E-state index contributed by atoms with van der Waals surface area (Å²) < 4.78 is 25.7. The molecule has 0 aromatic heterocycles. The van der Waals surface area contributed by atoms with E-state index < -0.39 is 10.0 Å². The highest BCUT2D eigenvalue weighted by Crippen LogP contribution is 2.27. The van der Waals surface area contributed by atoms with Crippen molar-refractivity contribution < 1.29 is 13.3 Å². The van der Waals surface area contributed by atoms with Crippen LogP contribution in [0.4, 0.5) is 0 Å². The Kier molecular flexibility index (Phi) is 3.76. The van der Waals surface area contributed by atoms with Crippen LogP contribution >= 0.6 is 15.9 Å². The molecule has 0 aliphatic carbocycles. The highest BCUT2D eigenvalue weighted by molar-refractivity contribution is 9.11. The Hall–Kier alpha value is -0.890. The van der Waals surface area contributed by atoms with Crippen LogP contribution in [0, 0.1) is 0 Å². The molecule has 0 fully saturated rings. The number of hydrogen-bond acceptors (Lipinski definition) is 4. The molecule has 1 N–H and O–H groups in total. The minimum Gasteiger partial charge on any atom is -0.263 e. The summed E-state index contributed by atoms with van der Waals surface area (Å²) in [6, 6.07) is 6.64. The molecule has 0 radical (unpaired) electrons. The van der Waals surface area contributed by atoms with Gasteiger partial charge >= 0.3 is 0 Å². The summed E-state index contributed by atoms with van der Waals surface area (Å²) in [6.07, 6.45) is 1.64. The Balaban J connectivity index is 2.26. The van der Waals surface area contributed by atoms with Gasteiger partial charge in [0.05, 0.1) is 4.90 Å². The van der Waals surface area contributed by atoms with Crippen molar-refractivity contribution in [2.75, 3.05) is 14.1 Å². The molecule has 2 rings (SSSR count). The van der Waals surface area contributed by atoms with Crippen LogP contribution in [-0.4, -0.2) is 26.8 Å². The van der Waals surface area contributed by atoms with Crippen LogP contribution in [0.5, 0.6) is 0 Å². The Labute approximate surface area is 115 Å². The number of halogens is 1. The van der Waals surface area contributed by atoms with E-state index in [-0.39, 0.29) is 11.0 Å². The third-order valence-corrected chi connectivity index (χ3v) is 4.82. The summed E-state index contributed by atoms with van der Waals surface area (Å²) in [5.41, 5.74) is 3.57. The van der Waals surface area contributed by atoms with Gasteiger partial charge in [-0.1, -0.05) is 12.1 Å². The molecule has 0 saturated carbocycles. The maximum Gasteiger partial charge on any atom is 0.242 e. The predicted octanol–water partition coefficient (Wildman–Crippen LogP) is 1.75. The van der Waals surface area contributed by atoms with Gasteiger partial charge in [-0.3, -0.25) is 10.3 Å². The van der Waals surface area contributed by atoms with E-state index in [1.54, 1.807) is 24.3 Å². The van der Waals surface area contributed by atoms with Gasteiger partial charge in [0.15, 0.2) is 0 Å². The van der Waals surface area contributed by atoms with Crippen molar-refractivity contribution >= 4 is 26.0 Å². The molecular weight excluding hydrogens is 320 g/mol. The topological polar surface area (TPSA) is 58.6 Å². The molecule has 0 amide bonds. The number of hydrogen-bond donors (Lipinski definition) is 1. The summed E-state index contributed by atoms with van der Waals surface area (Å²) in [4.78, 5) is 5.54. The lowest BCUT2D eigenvalue weighted by atomic mass is 10.1. The molecule has 1 aromatic rings. The van der Waals surface area contributed by atoms with Crippen molar-refractivity contribution in [3.8, 4) is 0 Å². The van der Waals surface area contributed by atoms with Crippen LogP contribution in [0.3, 0.4) is 0 Å². The standard InChI is InChI=1S/C11H13BrN2O3S/c1-14(2)18(15,16)9-5-3-8(4-6-9)10-7-11(12)13-17-10/h3-7,10,13H,1-2H3/t10-/m0/s1. The van der Waals surface area contributed by atoms with E-state index in [1.807, 2.05) is 6.08 Å². The van der Waals surface area contributed by atoms with Gasteiger partial charge in [-0.2, -0.15) is 0 Å². The Morgan fingerprint density at radius 1 is 1.28 bits per heavy atom. The fraction of sp³-hybridized carbons (Fsp3) is 0.273. The molecule has 0 spiro atoms. The lowest BCUT2D eigenvalue weighted by Gasteiger charge is -2.12. The van der Waals surface area contributed by atoms with E-state index >= 15 is 0 Å². The molecule has 1 aliphatic rings. The van der Waals surface area contributed by atoms with Gasteiger partial charge in [0.1, 0.15) is 10.7 Å². The molecule has 1 aliphatic heterocycles. The van der Waals surface area contributed by atoms with E-state index in [0.29, 0.717) is 0 Å². The summed E-state index contributed by atoms with van der Waals surface area (Å²) >= 11 is 3.26. The van der Waals surface area contributed by atoms with Crippen molar-refractivity contribution in [2.45, 2.75) is 11.0 Å². The molecule has 0 unspecified atom stereocenters. The maximum atomic E-state index is 11.9. The molecule has 1 atom stereocenters. The van der Waals surface area contributed by atoms with Crippen LogP contribution in [0.1, 0.15) is 11.7 Å². The summed E-state index contributed by atoms with van der Waals surface area (Å²) in [5.74, 6) is 0. The van der Waals surface area contributed by atoms with Gasteiger partial charge in [0.2, 0.25) is 10.0 Å². The van der Waals surface area contributed by atoms with Crippen LogP contribution in [-0.2, 0) is 14.9 Å². The second-order valence-corrected chi connectivity index (χ2v) is 7.02. The van der Waals surface area contributed by atoms with Gasteiger partial charge in [0.25, 0.3) is 0 Å². The fourth-order valence-corrected chi connectivity index (χ4v) is 2.76. The molecule has 98 valence electrons. The van der Waals surface area contributed by atoms with E-state index in [0.717, 1.165) is 10.2 Å². The van der Waals surface area contributed by atoms with Gasteiger partial charge < -0.3 is 0 Å². The number of benzene rings is 1. The van der Waals surface area contributed by atoms with Crippen LogP contribution < -0.4 is 5.48 Å². The molecule has 1 aromatic carbocycles. The average molecular weight is 333 g/mol. The van der Waals surface area contributed by atoms with Gasteiger partial charge in [-0.15, -0.1) is 0 Å². The fourth-order valence-electron chi connectivity index (χ4n) is 1.53. The van der Waals surface area contributed by atoms with Crippen LogP contribution in [0.15, 0.2) is 39.8 Å². The first-order chi connectivity index (χ1) is 8.41. The Morgan fingerprint density at radius 3 is 2.33 bits per heavy atom.